The Bertz CT molecular complexity index is 941. The molecular weight excluding hydrogens is 404 g/mol. The van der Waals surface area contributed by atoms with Gasteiger partial charge in [0.25, 0.3) is 0 Å². The van der Waals surface area contributed by atoms with Gasteiger partial charge >= 0.3 is 0 Å². The number of hydrogen-bond acceptors (Lipinski definition) is 3. The molecule has 3 heteroatoms. The zero-order valence-electron chi connectivity index (χ0n) is 22.7. The van der Waals surface area contributed by atoms with Crippen LogP contribution in [0.1, 0.15) is 125 Å². The summed E-state index contributed by atoms with van der Waals surface area (Å²) < 4.78 is 5.27. The zero-order valence-corrected chi connectivity index (χ0v) is 22.7. The summed E-state index contributed by atoms with van der Waals surface area (Å²) >= 11 is 0. The van der Waals surface area contributed by atoms with Gasteiger partial charge in [0.2, 0.25) is 0 Å². The van der Waals surface area contributed by atoms with Crippen molar-refractivity contribution < 1.29 is 4.63 Å². The Hall–Kier alpha value is -1.12. The maximum atomic E-state index is 5.27. The average molecular weight is 453 g/mol. The second kappa shape index (κ2) is 7.69. The normalized spacial score (nSPS) is 40.3. The summed E-state index contributed by atoms with van der Waals surface area (Å²) in [6.45, 7) is 20.0. The molecule has 0 unspecified atom stereocenters. The third-order valence-electron chi connectivity index (χ3n) is 11.8. The number of hydrogen-bond donors (Lipinski definition) is 0. The number of allylic oxidation sites excluding steroid dienone is 2. The van der Waals surface area contributed by atoms with Crippen molar-refractivity contribution >= 4 is 0 Å². The van der Waals surface area contributed by atoms with Gasteiger partial charge in [-0.25, -0.2) is 4.63 Å². The number of rotatable bonds is 5. The van der Waals surface area contributed by atoms with E-state index in [2.05, 4.69) is 65.7 Å². The molecule has 0 saturated heterocycles. The van der Waals surface area contributed by atoms with E-state index >= 15 is 0 Å². The molecule has 1 aromatic heterocycles. The highest BCUT2D eigenvalue weighted by Gasteiger charge is 2.63. The minimum atomic E-state index is 0.0334. The lowest BCUT2D eigenvalue weighted by molar-refractivity contribution is 0.0133. The van der Waals surface area contributed by atoms with Crippen LogP contribution in [0.3, 0.4) is 0 Å². The maximum Gasteiger partial charge on any atom is 0.114 e. The fourth-order valence-corrected chi connectivity index (χ4v) is 9.83. The van der Waals surface area contributed by atoms with Crippen LogP contribution in [-0.4, -0.2) is 10.3 Å². The minimum absolute atomic E-state index is 0.0334. The highest BCUT2D eigenvalue weighted by Crippen LogP contribution is 2.72. The molecule has 0 aliphatic heterocycles. The highest BCUT2D eigenvalue weighted by atomic mass is 16.6. The smallest absolute Gasteiger partial charge is 0.114 e. The van der Waals surface area contributed by atoms with E-state index in [0.29, 0.717) is 16.7 Å². The summed E-state index contributed by atoms with van der Waals surface area (Å²) in [6, 6.07) is 0. The van der Waals surface area contributed by atoms with E-state index in [-0.39, 0.29) is 10.8 Å². The first kappa shape index (κ1) is 23.6. The van der Waals surface area contributed by atoms with Crippen molar-refractivity contribution in [1.29, 1.82) is 0 Å². The van der Waals surface area contributed by atoms with Crippen LogP contribution in [0.2, 0.25) is 0 Å². The van der Waals surface area contributed by atoms with Crippen molar-refractivity contribution in [2.45, 2.75) is 125 Å². The summed E-state index contributed by atoms with van der Waals surface area (Å²) in [5.41, 5.74) is 6.98. The van der Waals surface area contributed by atoms with Gasteiger partial charge in [-0.2, -0.15) is 0 Å². The Morgan fingerprint density at radius 2 is 1.67 bits per heavy atom. The van der Waals surface area contributed by atoms with Crippen molar-refractivity contribution in [3.63, 3.8) is 0 Å². The van der Waals surface area contributed by atoms with Crippen molar-refractivity contribution in [2.24, 2.45) is 39.9 Å². The summed E-state index contributed by atoms with van der Waals surface area (Å²) in [5, 5.41) is 8.77. The van der Waals surface area contributed by atoms with E-state index in [1.165, 1.54) is 57.8 Å². The number of fused-ring (bicyclic) bond motifs is 5. The van der Waals surface area contributed by atoms with Crippen LogP contribution in [0.25, 0.3) is 0 Å². The molecule has 184 valence electrons. The first-order valence-electron chi connectivity index (χ1n) is 14.0. The molecule has 1 fully saturated rings. The van der Waals surface area contributed by atoms with Gasteiger partial charge < -0.3 is 0 Å². The predicted octanol–water partition coefficient (Wildman–Crippen LogP) is 8.30. The van der Waals surface area contributed by atoms with Crippen molar-refractivity contribution in [3.8, 4) is 0 Å². The monoisotopic (exact) mass is 452 g/mol. The quantitative estimate of drug-likeness (QED) is 0.422. The lowest BCUT2D eigenvalue weighted by atomic mass is 9.44. The topological polar surface area (TPSA) is 38.9 Å². The third kappa shape index (κ3) is 3.19. The molecule has 0 bridgehead atoms. The third-order valence-corrected chi connectivity index (χ3v) is 11.8. The van der Waals surface area contributed by atoms with Gasteiger partial charge in [0.05, 0.1) is 0 Å². The Morgan fingerprint density at radius 3 is 2.39 bits per heavy atom. The first-order valence-corrected chi connectivity index (χ1v) is 14.0. The Balaban J connectivity index is 1.48. The maximum absolute atomic E-state index is 5.27. The van der Waals surface area contributed by atoms with Gasteiger partial charge in [-0.05, 0) is 78.4 Å². The number of aromatic nitrogens is 2. The van der Waals surface area contributed by atoms with Crippen molar-refractivity contribution in [2.75, 3.05) is 0 Å². The van der Waals surface area contributed by atoms with Crippen LogP contribution in [0.5, 0.6) is 0 Å². The van der Waals surface area contributed by atoms with Gasteiger partial charge in [0, 0.05) is 11.8 Å². The molecular formula is C30H48N2O. The first-order chi connectivity index (χ1) is 15.4. The molecule has 6 atom stereocenters. The largest absolute Gasteiger partial charge is 0.244 e. The van der Waals surface area contributed by atoms with E-state index < -0.39 is 0 Å². The molecule has 3 nitrogen and oxygen atoms in total. The molecule has 0 radical (unpaired) electrons. The van der Waals surface area contributed by atoms with Crippen LogP contribution >= 0.6 is 0 Å². The summed E-state index contributed by atoms with van der Waals surface area (Å²) in [5.74, 6) is 3.19. The van der Waals surface area contributed by atoms with E-state index in [4.69, 9.17) is 4.63 Å². The molecule has 0 amide bonds. The molecule has 0 spiro atoms. The molecule has 1 aromatic rings. The molecule has 0 aromatic carbocycles. The SMILES string of the molecule is CC(C)CCC[C@H](C)[C@@H]1CC[C@@]2(C)C3=C(CC[C@]12C)[C@@]1(C)Cc2nonc2C(C)(C)[C@@H]1CC3. The van der Waals surface area contributed by atoms with Crippen LogP contribution in [-0.2, 0) is 11.8 Å². The minimum Gasteiger partial charge on any atom is -0.244 e. The molecule has 0 N–H and O–H groups in total. The Labute approximate surface area is 202 Å². The Morgan fingerprint density at radius 1 is 0.909 bits per heavy atom. The second-order valence-electron chi connectivity index (χ2n) is 14.1. The molecule has 4 aliphatic rings. The van der Waals surface area contributed by atoms with Crippen LogP contribution in [0, 0.1) is 39.9 Å². The summed E-state index contributed by atoms with van der Waals surface area (Å²) in [7, 11) is 0. The van der Waals surface area contributed by atoms with Crippen molar-refractivity contribution in [1.82, 2.24) is 10.3 Å². The number of nitrogens with zero attached hydrogens (tertiary/aromatic N) is 2. The second-order valence-corrected chi connectivity index (χ2v) is 14.1. The molecule has 33 heavy (non-hydrogen) atoms. The fraction of sp³-hybridized carbons (Fsp3) is 0.867. The van der Waals surface area contributed by atoms with E-state index in [1.807, 2.05) is 11.1 Å². The van der Waals surface area contributed by atoms with Gasteiger partial charge in [-0.15, -0.1) is 0 Å². The summed E-state index contributed by atoms with van der Waals surface area (Å²) in [6.07, 6.45) is 13.3. The van der Waals surface area contributed by atoms with Gasteiger partial charge in [-0.3, -0.25) is 0 Å². The molecule has 1 saturated carbocycles. The lowest BCUT2D eigenvalue weighted by Gasteiger charge is -2.60. The fourth-order valence-electron chi connectivity index (χ4n) is 9.83. The van der Waals surface area contributed by atoms with E-state index in [9.17, 15) is 0 Å². The standard InChI is InChI=1S/C30H48N2O/c1-19(2)10-9-11-20(3)21-14-16-30(8)23-12-13-25-27(4,5)26-24(31-33-32-26)18-28(25,6)22(23)15-17-29(21,30)7/h19-21,25H,9-18H2,1-8H3/t20-,21-,25-,28+,29+,30-/m0/s1. The van der Waals surface area contributed by atoms with E-state index in [0.717, 1.165) is 35.6 Å². The van der Waals surface area contributed by atoms with Gasteiger partial charge in [-0.1, -0.05) is 96.1 Å². The Kier molecular flexibility index (Phi) is 5.50. The van der Waals surface area contributed by atoms with Crippen LogP contribution in [0.4, 0.5) is 0 Å². The lowest BCUT2D eigenvalue weighted by Crippen LogP contribution is -2.53. The molecule has 5 rings (SSSR count). The van der Waals surface area contributed by atoms with E-state index in [1.54, 1.807) is 0 Å². The molecule has 1 heterocycles. The predicted molar refractivity (Wildman–Crippen MR) is 135 cm³/mol. The summed E-state index contributed by atoms with van der Waals surface area (Å²) in [4.78, 5) is 0. The van der Waals surface area contributed by atoms with Gasteiger partial charge in [0.1, 0.15) is 11.4 Å². The average Bonchev–Trinajstić information content (AvgIpc) is 3.30. The zero-order chi connectivity index (χ0) is 23.8. The van der Waals surface area contributed by atoms with Gasteiger partial charge in [0.15, 0.2) is 0 Å². The van der Waals surface area contributed by atoms with Crippen LogP contribution in [0.15, 0.2) is 15.8 Å². The van der Waals surface area contributed by atoms with Crippen molar-refractivity contribution in [3.05, 3.63) is 22.5 Å². The highest BCUT2D eigenvalue weighted by molar-refractivity contribution is 5.42. The molecule has 4 aliphatic carbocycles. The van der Waals surface area contributed by atoms with Crippen LogP contribution < -0.4 is 0 Å².